The Kier molecular flexibility index (Phi) is 5.69. The number of carbonyl (C=O) groups is 2. The number of pyridine rings is 1. The zero-order valence-electron chi connectivity index (χ0n) is 21.7. The third-order valence-electron chi connectivity index (χ3n) is 8.91. The van der Waals surface area contributed by atoms with Gasteiger partial charge in [0, 0.05) is 51.4 Å². The molecule has 1 N–H and O–H groups in total. The minimum Gasteiger partial charge on any atom is -0.347 e. The summed E-state index contributed by atoms with van der Waals surface area (Å²) in [7, 11) is 0. The maximum absolute atomic E-state index is 12.9. The summed E-state index contributed by atoms with van der Waals surface area (Å²) in [5.74, 6) is -0.376. The lowest BCUT2D eigenvalue weighted by Gasteiger charge is -2.24. The fourth-order valence-electron chi connectivity index (χ4n) is 6.76. The van der Waals surface area contributed by atoms with Crippen LogP contribution in [0.1, 0.15) is 44.4 Å². The van der Waals surface area contributed by atoms with Gasteiger partial charge in [0.15, 0.2) is 0 Å². The molecule has 4 aromatic rings. The lowest BCUT2D eigenvalue weighted by Crippen LogP contribution is -2.35. The Morgan fingerprint density at radius 3 is 2.68 bits per heavy atom. The van der Waals surface area contributed by atoms with Crippen LogP contribution in [0.2, 0.25) is 5.02 Å². The van der Waals surface area contributed by atoms with E-state index in [0.717, 1.165) is 51.1 Å². The van der Waals surface area contributed by atoms with Crippen LogP contribution in [0.25, 0.3) is 32.2 Å². The van der Waals surface area contributed by atoms with Crippen LogP contribution in [0.5, 0.6) is 0 Å². The number of nitrogens with one attached hydrogen (secondary N) is 1. The van der Waals surface area contributed by atoms with Gasteiger partial charge in [0.2, 0.25) is 11.8 Å². The first-order chi connectivity index (χ1) is 18.3. The molecule has 3 aromatic heterocycles. The van der Waals surface area contributed by atoms with E-state index in [-0.39, 0.29) is 29.1 Å². The molecular formula is C30H31ClN4O2S. The summed E-state index contributed by atoms with van der Waals surface area (Å²) in [5.41, 5.74) is 4.03. The number of nitrogens with zero attached hydrogens (tertiary/aromatic N) is 3. The Morgan fingerprint density at radius 1 is 1.11 bits per heavy atom. The molecule has 196 valence electrons. The highest BCUT2D eigenvalue weighted by atomic mass is 35.5. The highest BCUT2D eigenvalue weighted by Crippen LogP contribution is 2.63. The molecule has 38 heavy (non-hydrogen) atoms. The van der Waals surface area contributed by atoms with Crippen LogP contribution < -0.4 is 5.32 Å². The number of fused-ring (bicyclic) bond motifs is 3. The van der Waals surface area contributed by atoms with Crippen LogP contribution in [-0.4, -0.2) is 38.9 Å². The minimum atomic E-state index is -0.195. The Labute approximate surface area is 231 Å². The van der Waals surface area contributed by atoms with E-state index in [9.17, 15) is 9.59 Å². The van der Waals surface area contributed by atoms with E-state index >= 15 is 0 Å². The summed E-state index contributed by atoms with van der Waals surface area (Å²) in [5, 5.41) is 5.50. The predicted molar refractivity (Wildman–Crippen MR) is 152 cm³/mol. The van der Waals surface area contributed by atoms with Gasteiger partial charge in [0.05, 0.1) is 34.1 Å². The van der Waals surface area contributed by atoms with Gasteiger partial charge >= 0.3 is 0 Å². The lowest BCUT2D eigenvalue weighted by molar-refractivity contribution is -0.143. The third-order valence-corrected chi connectivity index (χ3v) is 10.3. The van der Waals surface area contributed by atoms with Crippen LogP contribution in [-0.2, 0) is 22.7 Å². The third kappa shape index (κ3) is 3.81. The van der Waals surface area contributed by atoms with E-state index < -0.39 is 0 Å². The second-order valence-electron chi connectivity index (χ2n) is 11.7. The molecule has 1 aromatic carbocycles. The smallest absolute Gasteiger partial charge is 0.234 e. The minimum absolute atomic E-state index is 0.0301. The number of hydrogen-bond acceptors (Lipinski definition) is 5. The maximum Gasteiger partial charge on any atom is 0.234 e. The van der Waals surface area contributed by atoms with Crippen molar-refractivity contribution < 1.29 is 9.59 Å². The molecule has 3 unspecified atom stereocenters. The fourth-order valence-corrected chi connectivity index (χ4v) is 8.12. The second kappa shape index (κ2) is 8.90. The second-order valence-corrected chi connectivity index (χ2v) is 13.2. The van der Waals surface area contributed by atoms with Gasteiger partial charge in [0.1, 0.15) is 0 Å². The first-order valence-electron chi connectivity index (χ1n) is 13.6. The largest absolute Gasteiger partial charge is 0.347 e. The van der Waals surface area contributed by atoms with Crippen molar-refractivity contribution in [1.82, 2.24) is 19.8 Å². The van der Waals surface area contributed by atoms with Gasteiger partial charge in [-0.1, -0.05) is 31.9 Å². The first-order valence-corrected chi connectivity index (χ1v) is 14.8. The van der Waals surface area contributed by atoms with E-state index in [4.69, 9.17) is 11.6 Å². The molecular weight excluding hydrogens is 516 g/mol. The topological polar surface area (TPSA) is 67.2 Å². The lowest BCUT2D eigenvalue weighted by atomic mass is 10.0. The van der Waals surface area contributed by atoms with E-state index in [1.54, 1.807) is 11.3 Å². The van der Waals surface area contributed by atoms with Crippen molar-refractivity contribution >= 4 is 55.9 Å². The fraction of sp³-hybridized carbons (Fsp3) is 0.433. The molecule has 8 heteroatoms. The van der Waals surface area contributed by atoms with Crippen molar-refractivity contribution in [1.29, 1.82) is 0 Å². The average Bonchev–Trinajstić information content (AvgIpc) is 3.26. The molecule has 0 bridgehead atoms. The van der Waals surface area contributed by atoms with Crippen molar-refractivity contribution in [3.8, 4) is 11.1 Å². The Morgan fingerprint density at radius 2 is 1.92 bits per heavy atom. The number of aryl methyl sites for hydroxylation is 1. The van der Waals surface area contributed by atoms with Crippen LogP contribution in [0, 0.1) is 17.3 Å². The number of halogens is 1. The Bertz CT molecular complexity index is 1570. The van der Waals surface area contributed by atoms with Gasteiger partial charge in [-0.2, -0.15) is 0 Å². The number of benzene rings is 1. The van der Waals surface area contributed by atoms with Crippen LogP contribution in [0.3, 0.4) is 0 Å². The zero-order chi connectivity index (χ0) is 26.2. The van der Waals surface area contributed by atoms with Gasteiger partial charge in [-0.15, -0.1) is 11.3 Å². The van der Waals surface area contributed by atoms with Gasteiger partial charge < -0.3 is 9.88 Å². The molecule has 0 spiro atoms. The van der Waals surface area contributed by atoms with Crippen molar-refractivity contribution in [2.24, 2.45) is 17.3 Å². The molecule has 2 aliphatic heterocycles. The van der Waals surface area contributed by atoms with Crippen LogP contribution in [0.4, 0.5) is 0 Å². The predicted octanol–water partition coefficient (Wildman–Crippen LogP) is 6.24. The molecule has 5 heterocycles. The number of hydrogen-bond donors (Lipinski definition) is 1. The molecule has 1 aliphatic carbocycles. The summed E-state index contributed by atoms with van der Waals surface area (Å²) in [6.45, 7) is 6.40. The molecule has 3 atom stereocenters. The van der Waals surface area contributed by atoms with E-state index in [2.05, 4.69) is 39.3 Å². The highest BCUT2D eigenvalue weighted by Gasteiger charge is 2.72. The maximum atomic E-state index is 12.9. The zero-order valence-corrected chi connectivity index (χ0v) is 23.2. The highest BCUT2D eigenvalue weighted by molar-refractivity contribution is 7.19. The number of aromatic nitrogens is 2. The van der Waals surface area contributed by atoms with E-state index in [0.29, 0.717) is 17.6 Å². The van der Waals surface area contributed by atoms with Crippen LogP contribution in [0.15, 0.2) is 42.7 Å². The van der Waals surface area contributed by atoms with Crippen molar-refractivity contribution in [3.05, 3.63) is 52.6 Å². The number of piperidine rings is 2. The molecule has 2 amide bonds. The number of rotatable bonds is 6. The van der Waals surface area contributed by atoms with E-state index in [1.165, 1.54) is 29.7 Å². The van der Waals surface area contributed by atoms with Crippen molar-refractivity contribution in [2.45, 2.75) is 58.7 Å². The SMILES string of the molecule is CC1(C)C2C(=O)N(Cc3cc4nccc(-c5cc(Cl)cc6ccn(CCC7CCCCN7)c56)c4s3)C(=O)C21. The quantitative estimate of drug-likeness (QED) is 0.290. The number of likely N-dealkylation sites (tertiary alicyclic amines) is 1. The Balaban J connectivity index is 1.23. The monoisotopic (exact) mass is 546 g/mol. The molecule has 7 rings (SSSR count). The average molecular weight is 547 g/mol. The summed E-state index contributed by atoms with van der Waals surface area (Å²) in [6.07, 6.45) is 8.91. The molecule has 2 saturated heterocycles. The molecule has 6 nitrogen and oxygen atoms in total. The normalized spacial score (nSPS) is 24.5. The van der Waals surface area contributed by atoms with Gasteiger partial charge in [-0.05, 0) is 61.6 Å². The van der Waals surface area contributed by atoms with Crippen LogP contribution >= 0.6 is 22.9 Å². The number of carbonyl (C=O) groups excluding carboxylic acids is 2. The summed E-state index contributed by atoms with van der Waals surface area (Å²) in [4.78, 5) is 32.9. The van der Waals surface area contributed by atoms with Crippen molar-refractivity contribution in [3.63, 3.8) is 0 Å². The van der Waals surface area contributed by atoms with Gasteiger partial charge in [-0.3, -0.25) is 19.5 Å². The number of amides is 2. The number of thiophene rings is 1. The summed E-state index contributed by atoms with van der Waals surface area (Å²) < 4.78 is 3.41. The standard InChI is InChI=1S/C30H31ClN4O2S/c1-30(2)24-25(30)29(37)35(28(24)36)16-20-15-23-27(38-20)21(6-10-33-23)22-14-18(31)13-17-7-11-34(26(17)22)12-8-19-5-3-4-9-32-19/h6-7,10-11,13-15,19,24-25,32H,3-5,8-9,12,16H2,1-2H3. The first kappa shape index (κ1) is 24.3. The molecule has 3 aliphatic rings. The molecule has 0 radical (unpaired) electrons. The molecule has 1 saturated carbocycles. The molecule has 3 fully saturated rings. The van der Waals surface area contributed by atoms with Gasteiger partial charge in [-0.25, -0.2) is 0 Å². The van der Waals surface area contributed by atoms with Gasteiger partial charge in [0.25, 0.3) is 0 Å². The van der Waals surface area contributed by atoms with Crippen molar-refractivity contribution in [2.75, 3.05) is 6.54 Å². The summed E-state index contributed by atoms with van der Waals surface area (Å²) in [6, 6.07) is 10.9. The summed E-state index contributed by atoms with van der Waals surface area (Å²) >= 11 is 8.22. The van der Waals surface area contributed by atoms with E-state index in [1.807, 2.05) is 32.2 Å². The Hall–Kier alpha value is -2.74. The number of imide groups is 1.